The molecule has 2 rings (SSSR count). The second kappa shape index (κ2) is 4.25. The molecule has 2 fully saturated rings. The number of nitrogens with zero attached hydrogens (tertiary/aromatic N) is 1. The summed E-state index contributed by atoms with van der Waals surface area (Å²) in [5.74, 6) is 0.952. The lowest BCUT2D eigenvalue weighted by molar-refractivity contribution is -0.0173. The summed E-state index contributed by atoms with van der Waals surface area (Å²) in [4.78, 5) is 2.70. The Kier molecular flexibility index (Phi) is 3.78. The van der Waals surface area contributed by atoms with Gasteiger partial charge in [0.05, 0.1) is 0 Å². The molecule has 2 aliphatic rings. The molecule has 2 unspecified atom stereocenters. The van der Waals surface area contributed by atoms with Gasteiger partial charge in [0.1, 0.15) is 0 Å². The minimum Gasteiger partial charge on any atom is -0.302 e. The number of hydrogen-bond donors (Lipinski definition) is 0. The average molecular weight is 232 g/mol. The van der Waals surface area contributed by atoms with Gasteiger partial charge < -0.3 is 4.90 Å². The largest absolute Gasteiger partial charge is 0.302 e. The van der Waals surface area contributed by atoms with Gasteiger partial charge in [-0.2, -0.15) is 0 Å². The van der Waals surface area contributed by atoms with Gasteiger partial charge in [-0.25, -0.2) is 0 Å². The van der Waals surface area contributed by atoms with Crippen LogP contribution >= 0.6 is 12.4 Å². The topological polar surface area (TPSA) is 3.24 Å². The van der Waals surface area contributed by atoms with E-state index >= 15 is 0 Å². The van der Waals surface area contributed by atoms with Crippen LogP contribution in [0.25, 0.3) is 0 Å². The highest BCUT2D eigenvalue weighted by Crippen LogP contribution is 2.58. The molecule has 0 N–H and O–H groups in total. The van der Waals surface area contributed by atoms with Crippen molar-refractivity contribution in [1.82, 2.24) is 4.90 Å². The van der Waals surface area contributed by atoms with Gasteiger partial charge in [-0.05, 0) is 42.6 Å². The normalized spacial score (nSPS) is 38.8. The third-order valence-corrected chi connectivity index (χ3v) is 5.21. The van der Waals surface area contributed by atoms with Gasteiger partial charge in [-0.1, -0.05) is 27.7 Å². The van der Waals surface area contributed by atoms with Crippen molar-refractivity contribution in [2.45, 2.75) is 47.0 Å². The molecule has 0 spiro atoms. The number of piperidine rings is 1. The summed E-state index contributed by atoms with van der Waals surface area (Å²) in [5, 5.41) is 0. The summed E-state index contributed by atoms with van der Waals surface area (Å²) in [5.41, 5.74) is 1.17. The van der Waals surface area contributed by atoms with Crippen LogP contribution in [0, 0.1) is 16.7 Å². The molecule has 2 atom stereocenters. The average Bonchev–Trinajstić information content (AvgIpc) is 2.27. The quantitative estimate of drug-likeness (QED) is 0.702. The molecule has 0 aromatic heterocycles. The molecule has 1 saturated heterocycles. The van der Waals surface area contributed by atoms with E-state index in [1.54, 1.807) is 0 Å². The molecular formula is C13H26ClN. The molecule has 1 nitrogen and oxygen atoms in total. The highest BCUT2D eigenvalue weighted by Gasteiger charge is 2.54. The lowest BCUT2D eigenvalue weighted by Gasteiger charge is -2.50. The molecule has 1 aliphatic carbocycles. The fraction of sp³-hybridized carbons (Fsp3) is 1.00. The Morgan fingerprint density at radius 2 is 1.93 bits per heavy atom. The van der Waals surface area contributed by atoms with Crippen LogP contribution in [0.3, 0.4) is 0 Å². The lowest BCUT2D eigenvalue weighted by Crippen LogP contribution is -2.52. The van der Waals surface area contributed by atoms with Crippen molar-refractivity contribution in [3.63, 3.8) is 0 Å². The van der Waals surface area contributed by atoms with Crippen LogP contribution in [0.4, 0.5) is 0 Å². The summed E-state index contributed by atoms with van der Waals surface area (Å²) >= 11 is 0. The first-order chi connectivity index (χ1) is 6.49. The molecule has 2 heteroatoms. The van der Waals surface area contributed by atoms with Crippen LogP contribution in [0.15, 0.2) is 0 Å². The zero-order chi connectivity index (χ0) is 10.4. The summed E-state index contributed by atoms with van der Waals surface area (Å²) in [6.45, 7) is 13.8. The smallest absolute Gasteiger partial charge is 0.00407 e. The van der Waals surface area contributed by atoms with Crippen LogP contribution < -0.4 is 0 Å². The number of hydrogen-bond acceptors (Lipinski definition) is 1. The van der Waals surface area contributed by atoms with Crippen molar-refractivity contribution in [2.24, 2.45) is 16.7 Å². The summed E-state index contributed by atoms with van der Waals surface area (Å²) in [6.07, 6.45) is 4.22. The van der Waals surface area contributed by atoms with E-state index in [2.05, 4.69) is 32.6 Å². The van der Waals surface area contributed by atoms with Gasteiger partial charge in [-0.3, -0.25) is 0 Å². The van der Waals surface area contributed by atoms with Crippen molar-refractivity contribution in [3.05, 3.63) is 0 Å². The second-order valence-corrected chi connectivity index (χ2v) is 6.25. The maximum atomic E-state index is 2.70. The van der Waals surface area contributed by atoms with Crippen molar-refractivity contribution in [2.75, 3.05) is 19.6 Å². The Morgan fingerprint density at radius 1 is 1.27 bits per heavy atom. The molecule has 0 radical (unpaired) electrons. The molecule has 1 heterocycles. The highest BCUT2D eigenvalue weighted by molar-refractivity contribution is 5.85. The molecule has 0 aromatic rings. The second-order valence-electron chi connectivity index (χ2n) is 6.25. The SMILES string of the molecule is CCCN1CC2CCC(C)(C1)C2(C)C.Cl. The first-order valence-electron chi connectivity index (χ1n) is 6.22. The molecule has 0 aromatic carbocycles. The number of halogens is 1. The Labute approximate surface area is 101 Å². The van der Waals surface area contributed by atoms with Crippen LogP contribution in [0.2, 0.25) is 0 Å². The van der Waals surface area contributed by atoms with Crippen molar-refractivity contribution < 1.29 is 0 Å². The van der Waals surface area contributed by atoms with E-state index in [0.717, 1.165) is 5.92 Å². The van der Waals surface area contributed by atoms with Crippen LogP contribution in [-0.4, -0.2) is 24.5 Å². The van der Waals surface area contributed by atoms with Gasteiger partial charge in [0.15, 0.2) is 0 Å². The Morgan fingerprint density at radius 3 is 2.47 bits per heavy atom. The molecule has 1 aliphatic heterocycles. The van der Waals surface area contributed by atoms with E-state index in [0.29, 0.717) is 10.8 Å². The first-order valence-corrected chi connectivity index (χ1v) is 6.22. The fourth-order valence-corrected chi connectivity index (χ4v) is 3.63. The molecule has 90 valence electrons. The molecule has 0 amide bonds. The van der Waals surface area contributed by atoms with E-state index in [9.17, 15) is 0 Å². The molecule has 1 saturated carbocycles. The summed E-state index contributed by atoms with van der Waals surface area (Å²) < 4.78 is 0. The zero-order valence-corrected chi connectivity index (χ0v) is 11.5. The third kappa shape index (κ3) is 1.93. The Balaban J connectivity index is 0.00000112. The number of likely N-dealkylation sites (tertiary alicyclic amines) is 1. The van der Waals surface area contributed by atoms with E-state index in [4.69, 9.17) is 0 Å². The van der Waals surface area contributed by atoms with Crippen molar-refractivity contribution in [1.29, 1.82) is 0 Å². The van der Waals surface area contributed by atoms with Crippen LogP contribution in [-0.2, 0) is 0 Å². The van der Waals surface area contributed by atoms with Gasteiger partial charge in [-0.15, -0.1) is 12.4 Å². The molecule has 15 heavy (non-hydrogen) atoms. The van der Waals surface area contributed by atoms with Crippen molar-refractivity contribution >= 4 is 12.4 Å². The minimum absolute atomic E-state index is 0. The molecule has 2 bridgehead atoms. The Hall–Kier alpha value is 0.250. The minimum atomic E-state index is 0. The standard InChI is InChI=1S/C13H25N.ClH/c1-5-8-14-9-11-6-7-13(4,10-14)12(11,2)3;/h11H,5-10H2,1-4H3;1H. The van der Waals surface area contributed by atoms with Crippen LogP contribution in [0.1, 0.15) is 47.0 Å². The number of fused-ring (bicyclic) bond motifs is 2. The molecular weight excluding hydrogens is 206 g/mol. The van der Waals surface area contributed by atoms with E-state index in [-0.39, 0.29) is 12.4 Å². The fourth-order valence-electron chi connectivity index (χ4n) is 3.63. The maximum absolute atomic E-state index is 2.70. The number of rotatable bonds is 2. The zero-order valence-electron chi connectivity index (χ0n) is 10.7. The van der Waals surface area contributed by atoms with E-state index in [1.165, 1.54) is 38.9 Å². The lowest BCUT2D eigenvalue weighted by atomic mass is 9.63. The third-order valence-electron chi connectivity index (χ3n) is 5.21. The van der Waals surface area contributed by atoms with Crippen molar-refractivity contribution in [3.8, 4) is 0 Å². The monoisotopic (exact) mass is 231 g/mol. The van der Waals surface area contributed by atoms with Gasteiger partial charge in [0.25, 0.3) is 0 Å². The van der Waals surface area contributed by atoms with Gasteiger partial charge in [0.2, 0.25) is 0 Å². The first kappa shape index (κ1) is 13.3. The van der Waals surface area contributed by atoms with Crippen LogP contribution in [0.5, 0.6) is 0 Å². The van der Waals surface area contributed by atoms with Gasteiger partial charge in [0, 0.05) is 13.1 Å². The Bertz CT molecular complexity index is 227. The predicted octanol–water partition coefficient (Wildman–Crippen LogP) is 3.58. The maximum Gasteiger partial charge on any atom is 0.00407 e. The summed E-state index contributed by atoms with van der Waals surface area (Å²) in [6, 6.07) is 0. The van der Waals surface area contributed by atoms with E-state index < -0.39 is 0 Å². The summed E-state index contributed by atoms with van der Waals surface area (Å²) in [7, 11) is 0. The highest BCUT2D eigenvalue weighted by atomic mass is 35.5. The van der Waals surface area contributed by atoms with E-state index in [1.807, 2.05) is 0 Å². The predicted molar refractivity (Wildman–Crippen MR) is 68.6 cm³/mol. The van der Waals surface area contributed by atoms with Gasteiger partial charge >= 0.3 is 0 Å².